The number of aromatic carboxylic acids is 1. The molecule has 1 aromatic carbocycles. The molecule has 0 fully saturated rings. The smallest absolute Gasteiger partial charge is 0.356 e. The molecule has 1 amide bonds. The van der Waals surface area contributed by atoms with Gasteiger partial charge in [-0.1, -0.05) is 11.6 Å². The number of rotatable bonds is 5. The molecule has 21 heavy (non-hydrogen) atoms. The molecule has 6 nitrogen and oxygen atoms in total. The molecule has 0 saturated carbocycles. The standard InChI is InChI=1S/C14H14ClN3O3/c1-9-6-10(2-3-11(9)15)13(19)16-4-5-18-7-12(14(20)21)17-8-18/h2-3,6-8H,4-5H2,1H3,(H,16,19)(H,20,21). The molecule has 7 heteroatoms. The van der Waals surface area contributed by atoms with Gasteiger partial charge in [0.15, 0.2) is 5.69 Å². The predicted octanol–water partition coefficient (Wildman–Crippen LogP) is 1.97. The van der Waals surface area contributed by atoms with Crippen LogP contribution in [0.15, 0.2) is 30.7 Å². The lowest BCUT2D eigenvalue weighted by Gasteiger charge is -2.07. The molecule has 0 bridgehead atoms. The van der Waals surface area contributed by atoms with E-state index in [1.807, 2.05) is 6.92 Å². The summed E-state index contributed by atoms with van der Waals surface area (Å²) in [5.74, 6) is -1.28. The van der Waals surface area contributed by atoms with Crippen LogP contribution in [0.25, 0.3) is 0 Å². The summed E-state index contributed by atoms with van der Waals surface area (Å²) in [6, 6.07) is 5.06. The van der Waals surface area contributed by atoms with E-state index in [4.69, 9.17) is 16.7 Å². The number of nitrogens with one attached hydrogen (secondary N) is 1. The first kappa shape index (κ1) is 15.1. The second kappa shape index (κ2) is 6.41. The van der Waals surface area contributed by atoms with Gasteiger partial charge in [-0.05, 0) is 30.7 Å². The zero-order valence-electron chi connectivity index (χ0n) is 11.3. The largest absolute Gasteiger partial charge is 0.476 e. The normalized spacial score (nSPS) is 10.4. The van der Waals surface area contributed by atoms with E-state index in [-0.39, 0.29) is 11.6 Å². The Labute approximate surface area is 126 Å². The van der Waals surface area contributed by atoms with Gasteiger partial charge in [-0.15, -0.1) is 0 Å². The third-order valence-corrected chi connectivity index (χ3v) is 3.35. The highest BCUT2D eigenvalue weighted by atomic mass is 35.5. The monoisotopic (exact) mass is 307 g/mol. The van der Waals surface area contributed by atoms with Crippen LogP contribution in [0.4, 0.5) is 0 Å². The summed E-state index contributed by atoms with van der Waals surface area (Å²) in [7, 11) is 0. The number of hydrogen-bond donors (Lipinski definition) is 2. The van der Waals surface area contributed by atoms with Gasteiger partial charge in [-0.3, -0.25) is 4.79 Å². The molecule has 1 heterocycles. The Kier molecular flexibility index (Phi) is 4.59. The fourth-order valence-corrected chi connectivity index (χ4v) is 1.90. The number of halogens is 1. The van der Waals surface area contributed by atoms with Crippen molar-refractivity contribution in [2.75, 3.05) is 6.54 Å². The number of carbonyl (C=O) groups excluding carboxylic acids is 1. The van der Waals surface area contributed by atoms with Gasteiger partial charge in [0.25, 0.3) is 5.91 Å². The number of benzene rings is 1. The third kappa shape index (κ3) is 3.82. The number of nitrogens with zero attached hydrogens (tertiary/aromatic N) is 2. The molecular weight excluding hydrogens is 294 g/mol. The van der Waals surface area contributed by atoms with Gasteiger partial charge in [-0.25, -0.2) is 9.78 Å². The van der Waals surface area contributed by atoms with Gasteiger partial charge < -0.3 is 15.0 Å². The number of amides is 1. The van der Waals surface area contributed by atoms with Crippen LogP contribution in [0.3, 0.4) is 0 Å². The van der Waals surface area contributed by atoms with Crippen LogP contribution < -0.4 is 5.32 Å². The average molecular weight is 308 g/mol. The number of carbonyl (C=O) groups is 2. The molecule has 0 unspecified atom stereocenters. The number of aryl methyl sites for hydroxylation is 1. The highest BCUT2D eigenvalue weighted by molar-refractivity contribution is 6.31. The van der Waals surface area contributed by atoms with Crippen LogP contribution in [0.2, 0.25) is 5.02 Å². The maximum atomic E-state index is 11.9. The van der Waals surface area contributed by atoms with Crippen molar-refractivity contribution in [3.63, 3.8) is 0 Å². The molecular formula is C14H14ClN3O3. The highest BCUT2D eigenvalue weighted by Crippen LogP contribution is 2.16. The van der Waals surface area contributed by atoms with Crippen LogP contribution in [-0.2, 0) is 6.54 Å². The van der Waals surface area contributed by atoms with Crippen molar-refractivity contribution in [2.24, 2.45) is 0 Å². The fraction of sp³-hybridized carbons (Fsp3) is 0.214. The lowest BCUT2D eigenvalue weighted by Crippen LogP contribution is -2.27. The molecule has 0 saturated heterocycles. The molecule has 0 atom stereocenters. The number of carboxylic acid groups (broad SMARTS) is 1. The quantitative estimate of drug-likeness (QED) is 0.884. The lowest BCUT2D eigenvalue weighted by molar-refractivity contribution is 0.0690. The number of aromatic nitrogens is 2. The molecule has 110 valence electrons. The van der Waals surface area contributed by atoms with E-state index >= 15 is 0 Å². The second-order valence-electron chi connectivity index (χ2n) is 4.52. The van der Waals surface area contributed by atoms with Gasteiger partial charge in [0.1, 0.15) is 0 Å². The molecule has 2 N–H and O–H groups in total. The minimum atomic E-state index is -1.07. The Hall–Kier alpha value is -2.34. The van der Waals surface area contributed by atoms with Gasteiger partial charge in [0.2, 0.25) is 0 Å². The Morgan fingerprint density at radius 2 is 2.19 bits per heavy atom. The maximum Gasteiger partial charge on any atom is 0.356 e. The van der Waals surface area contributed by atoms with E-state index in [9.17, 15) is 9.59 Å². The lowest BCUT2D eigenvalue weighted by atomic mass is 10.1. The molecule has 1 aromatic heterocycles. The second-order valence-corrected chi connectivity index (χ2v) is 4.93. The summed E-state index contributed by atoms with van der Waals surface area (Å²) < 4.78 is 1.61. The van der Waals surface area contributed by atoms with E-state index in [2.05, 4.69) is 10.3 Å². The zero-order chi connectivity index (χ0) is 15.4. The Morgan fingerprint density at radius 1 is 1.43 bits per heavy atom. The number of carboxylic acids is 1. The van der Waals surface area contributed by atoms with Crippen molar-refractivity contribution in [1.82, 2.24) is 14.9 Å². The third-order valence-electron chi connectivity index (χ3n) is 2.93. The first-order valence-corrected chi connectivity index (χ1v) is 6.64. The van der Waals surface area contributed by atoms with Crippen molar-refractivity contribution in [3.8, 4) is 0 Å². The van der Waals surface area contributed by atoms with E-state index < -0.39 is 5.97 Å². The topological polar surface area (TPSA) is 84.2 Å². The van der Waals surface area contributed by atoms with Crippen molar-refractivity contribution in [3.05, 3.63) is 52.6 Å². The van der Waals surface area contributed by atoms with Crippen molar-refractivity contribution in [2.45, 2.75) is 13.5 Å². The van der Waals surface area contributed by atoms with E-state index in [1.54, 1.807) is 22.8 Å². The first-order valence-electron chi connectivity index (χ1n) is 6.27. The van der Waals surface area contributed by atoms with Crippen LogP contribution in [0, 0.1) is 6.92 Å². The van der Waals surface area contributed by atoms with E-state index in [1.165, 1.54) is 12.5 Å². The number of hydrogen-bond acceptors (Lipinski definition) is 3. The Morgan fingerprint density at radius 3 is 2.81 bits per heavy atom. The van der Waals surface area contributed by atoms with Gasteiger partial charge in [0.05, 0.1) is 6.33 Å². The Balaban J connectivity index is 1.88. The minimum Gasteiger partial charge on any atom is -0.476 e. The summed E-state index contributed by atoms with van der Waals surface area (Å²) in [5.41, 5.74) is 1.36. The summed E-state index contributed by atoms with van der Waals surface area (Å²) in [5, 5.41) is 12.1. The molecule has 0 aliphatic carbocycles. The molecule has 0 aliphatic heterocycles. The zero-order valence-corrected chi connectivity index (χ0v) is 12.1. The molecule has 0 radical (unpaired) electrons. The highest BCUT2D eigenvalue weighted by Gasteiger charge is 2.08. The average Bonchev–Trinajstić information content (AvgIpc) is 2.91. The van der Waals surface area contributed by atoms with E-state index in [0.717, 1.165) is 5.56 Å². The summed E-state index contributed by atoms with van der Waals surface area (Å²) in [4.78, 5) is 26.4. The Bertz CT molecular complexity index is 682. The number of imidazole rings is 1. The predicted molar refractivity (Wildman–Crippen MR) is 77.7 cm³/mol. The molecule has 0 spiro atoms. The van der Waals surface area contributed by atoms with Crippen LogP contribution in [0.5, 0.6) is 0 Å². The summed E-state index contributed by atoms with van der Waals surface area (Å²) in [6.07, 6.45) is 2.84. The summed E-state index contributed by atoms with van der Waals surface area (Å²) >= 11 is 5.91. The SMILES string of the molecule is Cc1cc(C(=O)NCCn2cnc(C(=O)O)c2)ccc1Cl. The molecule has 2 rings (SSSR count). The van der Waals surface area contributed by atoms with E-state index in [0.29, 0.717) is 23.7 Å². The molecule has 2 aromatic rings. The van der Waals surface area contributed by atoms with Gasteiger partial charge >= 0.3 is 5.97 Å². The van der Waals surface area contributed by atoms with Gasteiger partial charge in [-0.2, -0.15) is 0 Å². The first-order chi connectivity index (χ1) is 9.97. The van der Waals surface area contributed by atoms with Gasteiger partial charge in [0, 0.05) is 29.9 Å². The van der Waals surface area contributed by atoms with Crippen molar-refractivity contribution in [1.29, 1.82) is 0 Å². The maximum absolute atomic E-state index is 11.9. The van der Waals surface area contributed by atoms with Crippen LogP contribution in [-0.4, -0.2) is 33.1 Å². The van der Waals surface area contributed by atoms with Crippen molar-refractivity contribution < 1.29 is 14.7 Å². The summed E-state index contributed by atoms with van der Waals surface area (Å²) in [6.45, 7) is 2.65. The fourth-order valence-electron chi connectivity index (χ4n) is 1.78. The van der Waals surface area contributed by atoms with Crippen LogP contribution >= 0.6 is 11.6 Å². The minimum absolute atomic E-state index is 0.0188. The molecule has 0 aliphatic rings. The van der Waals surface area contributed by atoms with Crippen molar-refractivity contribution >= 4 is 23.5 Å². The van der Waals surface area contributed by atoms with Crippen LogP contribution in [0.1, 0.15) is 26.4 Å².